The van der Waals surface area contributed by atoms with Crippen LogP contribution in [-0.4, -0.2) is 24.3 Å². The van der Waals surface area contributed by atoms with Gasteiger partial charge in [-0.1, -0.05) is 36.4 Å². The van der Waals surface area contributed by atoms with Crippen molar-refractivity contribution in [2.24, 2.45) is 5.92 Å². The summed E-state index contributed by atoms with van der Waals surface area (Å²) in [6.07, 6.45) is 2.03. The second-order valence-electron chi connectivity index (χ2n) is 7.35. The van der Waals surface area contributed by atoms with Crippen LogP contribution in [0.1, 0.15) is 36.3 Å². The minimum atomic E-state index is -0.225. The number of fused-ring (bicyclic) bond motifs is 2. The van der Waals surface area contributed by atoms with Crippen LogP contribution in [0.15, 0.2) is 48.5 Å². The molecule has 0 fully saturated rings. The first kappa shape index (κ1) is 18.2. The number of rotatable bonds is 6. The van der Waals surface area contributed by atoms with E-state index < -0.39 is 0 Å². The van der Waals surface area contributed by atoms with Crippen molar-refractivity contribution in [3.8, 4) is 0 Å². The number of carbonyl (C=O) groups is 3. The van der Waals surface area contributed by atoms with Crippen LogP contribution in [-0.2, 0) is 20.8 Å². The number of para-hydroxylation sites is 2. The van der Waals surface area contributed by atoms with Gasteiger partial charge in [0.25, 0.3) is 0 Å². The molecule has 0 aromatic heterocycles. The summed E-state index contributed by atoms with van der Waals surface area (Å²) in [7, 11) is 0. The van der Waals surface area contributed by atoms with E-state index in [4.69, 9.17) is 0 Å². The molecule has 0 bridgehead atoms. The molecule has 0 aliphatic carbocycles. The zero-order valence-corrected chi connectivity index (χ0v) is 15.5. The SMILES string of the molecule is O=C(CC[C@@H]1Cc2ccccc2NC1=O)NCC[C@H]1C(=O)Nc2ccccc21. The summed E-state index contributed by atoms with van der Waals surface area (Å²) in [5.41, 5.74) is 3.81. The lowest BCUT2D eigenvalue weighted by atomic mass is 9.89. The molecule has 6 nitrogen and oxygen atoms in total. The number of nitrogens with one attached hydrogen (secondary N) is 3. The Bertz CT molecular complexity index is 925. The molecular weight excluding hydrogens is 354 g/mol. The first-order valence-corrected chi connectivity index (χ1v) is 9.67. The second kappa shape index (κ2) is 7.84. The van der Waals surface area contributed by atoms with E-state index in [0.717, 1.165) is 22.5 Å². The largest absolute Gasteiger partial charge is 0.356 e. The zero-order chi connectivity index (χ0) is 19.5. The van der Waals surface area contributed by atoms with Crippen LogP contribution in [0.25, 0.3) is 0 Å². The number of hydrogen-bond acceptors (Lipinski definition) is 3. The maximum absolute atomic E-state index is 12.2. The van der Waals surface area contributed by atoms with Crippen LogP contribution < -0.4 is 16.0 Å². The molecule has 2 atom stereocenters. The quantitative estimate of drug-likeness (QED) is 0.723. The molecule has 2 aliphatic heterocycles. The highest BCUT2D eigenvalue weighted by Gasteiger charge is 2.30. The second-order valence-corrected chi connectivity index (χ2v) is 7.35. The first-order chi connectivity index (χ1) is 13.6. The Morgan fingerprint density at radius 3 is 2.50 bits per heavy atom. The maximum atomic E-state index is 12.2. The van der Waals surface area contributed by atoms with Crippen LogP contribution in [0, 0.1) is 5.92 Å². The van der Waals surface area contributed by atoms with E-state index in [1.807, 2.05) is 48.5 Å². The van der Waals surface area contributed by atoms with Crippen LogP contribution in [0.5, 0.6) is 0 Å². The number of amides is 3. The van der Waals surface area contributed by atoms with E-state index in [9.17, 15) is 14.4 Å². The monoisotopic (exact) mass is 377 g/mol. The number of benzene rings is 2. The van der Waals surface area contributed by atoms with Crippen LogP contribution in [0.4, 0.5) is 11.4 Å². The average molecular weight is 377 g/mol. The molecule has 3 amide bonds. The fraction of sp³-hybridized carbons (Fsp3) is 0.318. The van der Waals surface area contributed by atoms with Crippen molar-refractivity contribution < 1.29 is 14.4 Å². The fourth-order valence-corrected chi connectivity index (χ4v) is 3.96. The third kappa shape index (κ3) is 3.76. The topological polar surface area (TPSA) is 87.3 Å². The molecule has 2 aliphatic rings. The summed E-state index contributed by atoms with van der Waals surface area (Å²) in [5, 5.41) is 8.67. The molecule has 0 spiro atoms. The highest BCUT2D eigenvalue weighted by Crippen LogP contribution is 2.34. The van der Waals surface area contributed by atoms with Crippen molar-refractivity contribution in [3.05, 3.63) is 59.7 Å². The molecular formula is C22H23N3O3. The number of carbonyl (C=O) groups excluding carboxylic acids is 3. The highest BCUT2D eigenvalue weighted by molar-refractivity contribution is 6.02. The van der Waals surface area contributed by atoms with Gasteiger partial charge in [-0.05, 0) is 42.5 Å². The Morgan fingerprint density at radius 2 is 1.64 bits per heavy atom. The first-order valence-electron chi connectivity index (χ1n) is 9.67. The predicted octanol–water partition coefficient (Wildman–Crippen LogP) is 2.82. The summed E-state index contributed by atoms with van der Waals surface area (Å²) in [4.78, 5) is 36.5. The van der Waals surface area contributed by atoms with Gasteiger partial charge in [-0.25, -0.2) is 0 Å². The van der Waals surface area contributed by atoms with Crippen LogP contribution in [0.2, 0.25) is 0 Å². The highest BCUT2D eigenvalue weighted by atomic mass is 16.2. The molecule has 144 valence electrons. The molecule has 0 saturated heterocycles. The van der Waals surface area contributed by atoms with Crippen LogP contribution in [0.3, 0.4) is 0 Å². The molecule has 4 rings (SSSR count). The summed E-state index contributed by atoms with van der Waals surface area (Å²) < 4.78 is 0. The molecule has 0 saturated carbocycles. The lowest BCUT2D eigenvalue weighted by Crippen LogP contribution is -2.32. The van der Waals surface area contributed by atoms with E-state index in [2.05, 4.69) is 16.0 Å². The van der Waals surface area contributed by atoms with E-state index in [1.165, 1.54) is 0 Å². The van der Waals surface area contributed by atoms with Gasteiger partial charge in [0.2, 0.25) is 17.7 Å². The fourth-order valence-electron chi connectivity index (χ4n) is 3.96. The smallest absolute Gasteiger partial charge is 0.232 e. The van der Waals surface area contributed by atoms with Gasteiger partial charge in [-0.3, -0.25) is 14.4 Å². The minimum absolute atomic E-state index is 0.0204. The number of hydrogen-bond donors (Lipinski definition) is 3. The van der Waals surface area contributed by atoms with Gasteiger partial charge >= 0.3 is 0 Å². The van der Waals surface area contributed by atoms with Gasteiger partial charge < -0.3 is 16.0 Å². The molecule has 6 heteroatoms. The van der Waals surface area contributed by atoms with Crippen molar-refractivity contribution in [2.45, 2.75) is 31.6 Å². The molecule has 2 aromatic rings. The van der Waals surface area contributed by atoms with Gasteiger partial charge in [0.05, 0.1) is 5.92 Å². The molecule has 0 radical (unpaired) electrons. The Hall–Kier alpha value is -3.15. The molecule has 3 N–H and O–H groups in total. The Balaban J connectivity index is 1.24. The van der Waals surface area contributed by atoms with E-state index in [1.54, 1.807) is 0 Å². The van der Waals surface area contributed by atoms with Gasteiger partial charge in [0.1, 0.15) is 0 Å². The Labute approximate surface area is 163 Å². The summed E-state index contributed by atoms with van der Waals surface area (Å²) in [6, 6.07) is 15.4. The third-order valence-electron chi connectivity index (χ3n) is 5.50. The molecule has 28 heavy (non-hydrogen) atoms. The predicted molar refractivity (Wildman–Crippen MR) is 107 cm³/mol. The van der Waals surface area contributed by atoms with Crippen molar-refractivity contribution in [3.63, 3.8) is 0 Å². The van der Waals surface area contributed by atoms with Gasteiger partial charge in [0.15, 0.2) is 0 Å². The third-order valence-corrected chi connectivity index (χ3v) is 5.50. The average Bonchev–Trinajstić information content (AvgIpc) is 3.01. The van der Waals surface area contributed by atoms with Crippen molar-refractivity contribution in [1.29, 1.82) is 0 Å². The normalized spacial score (nSPS) is 20.0. The Kier molecular flexibility index (Phi) is 5.10. The minimum Gasteiger partial charge on any atom is -0.356 e. The standard InChI is InChI=1S/C22H23N3O3/c26-20(10-9-15-13-14-5-1-3-7-18(14)24-21(15)27)23-12-11-17-16-6-2-4-8-19(16)25-22(17)28/h1-8,15,17H,9-13H2,(H,23,26)(H,24,27)(H,25,28)/t15-,17-/m1/s1. The summed E-state index contributed by atoms with van der Waals surface area (Å²) >= 11 is 0. The van der Waals surface area contributed by atoms with E-state index in [0.29, 0.717) is 32.2 Å². The zero-order valence-electron chi connectivity index (χ0n) is 15.5. The van der Waals surface area contributed by atoms with Gasteiger partial charge in [-0.15, -0.1) is 0 Å². The lowest BCUT2D eigenvalue weighted by Gasteiger charge is -2.24. The van der Waals surface area contributed by atoms with Gasteiger partial charge in [-0.2, -0.15) is 0 Å². The van der Waals surface area contributed by atoms with Crippen LogP contribution >= 0.6 is 0 Å². The Morgan fingerprint density at radius 1 is 0.929 bits per heavy atom. The van der Waals surface area contributed by atoms with Crippen molar-refractivity contribution in [2.75, 3.05) is 17.2 Å². The molecule has 0 unspecified atom stereocenters. The van der Waals surface area contributed by atoms with E-state index in [-0.39, 0.29) is 29.6 Å². The molecule has 2 aromatic carbocycles. The number of anilines is 2. The lowest BCUT2D eigenvalue weighted by molar-refractivity contribution is -0.123. The molecule has 2 heterocycles. The maximum Gasteiger partial charge on any atom is 0.232 e. The van der Waals surface area contributed by atoms with Crippen molar-refractivity contribution in [1.82, 2.24) is 5.32 Å². The van der Waals surface area contributed by atoms with E-state index >= 15 is 0 Å². The summed E-state index contributed by atoms with van der Waals surface area (Å²) in [6.45, 7) is 0.435. The van der Waals surface area contributed by atoms with Gasteiger partial charge in [0, 0.05) is 30.3 Å². The summed E-state index contributed by atoms with van der Waals surface area (Å²) in [5.74, 6) is -0.540. The van der Waals surface area contributed by atoms with Crippen molar-refractivity contribution >= 4 is 29.1 Å².